The number of hydrogen-bond donors (Lipinski definition) is 1. The van der Waals surface area contributed by atoms with Gasteiger partial charge in [-0.15, -0.1) is 0 Å². The van der Waals surface area contributed by atoms with Crippen molar-refractivity contribution in [1.82, 2.24) is 9.97 Å². The summed E-state index contributed by atoms with van der Waals surface area (Å²) < 4.78 is 1.14. The number of rotatable bonds is 6. The van der Waals surface area contributed by atoms with Crippen LogP contribution in [0.15, 0.2) is 24.3 Å². The van der Waals surface area contributed by atoms with Gasteiger partial charge in [0, 0.05) is 12.1 Å². The molecular weight excluding hydrogens is 373 g/mol. The molecule has 0 saturated carbocycles. The van der Waals surface area contributed by atoms with Crippen LogP contribution < -0.4 is 5.32 Å². The first-order valence-electron chi connectivity index (χ1n) is 7.59. The first-order valence-corrected chi connectivity index (χ1v) is 8.67. The van der Waals surface area contributed by atoms with E-state index in [1.807, 2.05) is 0 Å². The van der Waals surface area contributed by atoms with E-state index in [1.165, 1.54) is 5.56 Å². The molecule has 1 aromatic carbocycles. The molecule has 1 aromatic heterocycles. The Morgan fingerprint density at radius 1 is 1.05 bits per heavy atom. The fraction of sp³-hybridized carbons (Fsp3) is 0.412. The highest BCUT2D eigenvalue weighted by atomic mass is 127. The van der Waals surface area contributed by atoms with Crippen LogP contribution in [-0.4, -0.2) is 16.5 Å². The normalized spacial score (nSPS) is 10.7. The second kappa shape index (κ2) is 7.73. The van der Waals surface area contributed by atoms with Gasteiger partial charge >= 0.3 is 0 Å². The molecule has 0 spiro atoms. The highest BCUT2D eigenvalue weighted by Gasteiger charge is 2.13. The van der Waals surface area contributed by atoms with E-state index in [9.17, 15) is 0 Å². The van der Waals surface area contributed by atoms with Gasteiger partial charge in [-0.05, 0) is 47.4 Å². The quantitative estimate of drug-likeness (QED) is 0.721. The number of nitrogens with zero attached hydrogens (tertiary/aromatic N) is 2. The van der Waals surface area contributed by atoms with Crippen LogP contribution in [0.3, 0.4) is 0 Å². The summed E-state index contributed by atoms with van der Waals surface area (Å²) >= 11 is 2.35. The van der Waals surface area contributed by atoms with Crippen molar-refractivity contribution in [3.8, 4) is 11.4 Å². The van der Waals surface area contributed by atoms with E-state index in [0.29, 0.717) is 0 Å². The van der Waals surface area contributed by atoms with E-state index < -0.39 is 0 Å². The summed E-state index contributed by atoms with van der Waals surface area (Å²) in [6.45, 7) is 7.41. The second-order valence-electron chi connectivity index (χ2n) is 4.95. The molecule has 2 rings (SSSR count). The van der Waals surface area contributed by atoms with Gasteiger partial charge in [-0.2, -0.15) is 0 Å². The summed E-state index contributed by atoms with van der Waals surface area (Å²) in [4.78, 5) is 9.55. The number of benzene rings is 1. The maximum Gasteiger partial charge on any atom is 0.162 e. The minimum Gasteiger partial charge on any atom is -0.369 e. The number of nitrogens with one attached hydrogen (secondary N) is 1. The van der Waals surface area contributed by atoms with Crippen LogP contribution in [0.2, 0.25) is 0 Å². The molecule has 0 saturated heterocycles. The Labute approximate surface area is 140 Å². The van der Waals surface area contributed by atoms with Gasteiger partial charge in [-0.1, -0.05) is 45.0 Å². The molecule has 0 unspecified atom stereocenters. The van der Waals surface area contributed by atoms with Crippen molar-refractivity contribution >= 4 is 28.4 Å². The summed E-state index contributed by atoms with van der Waals surface area (Å²) in [5.74, 6) is 1.80. The molecule has 21 heavy (non-hydrogen) atoms. The fourth-order valence-corrected chi connectivity index (χ4v) is 3.07. The van der Waals surface area contributed by atoms with E-state index in [-0.39, 0.29) is 0 Å². The molecule has 1 heterocycles. The molecule has 0 fully saturated rings. The smallest absolute Gasteiger partial charge is 0.162 e. The zero-order valence-corrected chi connectivity index (χ0v) is 15.1. The predicted molar refractivity (Wildman–Crippen MR) is 97.7 cm³/mol. The molecule has 0 radical (unpaired) electrons. The molecule has 112 valence electrons. The van der Waals surface area contributed by atoms with Crippen molar-refractivity contribution in [2.75, 3.05) is 11.9 Å². The molecule has 1 N–H and O–H groups in total. The minimum absolute atomic E-state index is 0.836. The van der Waals surface area contributed by atoms with E-state index in [4.69, 9.17) is 9.97 Å². The Morgan fingerprint density at radius 3 is 2.48 bits per heavy atom. The standard InChI is InChI=1S/C17H22IN3/c1-4-11-19-17-15(18)14(6-3)20-16(21-17)13-10-8-7-9-12(13)5-2/h7-10H,4-6,11H2,1-3H3,(H,19,20,21). The topological polar surface area (TPSA) is 37.8 Å². The van der Waals surface area contributed by atoms with Crippen LogP contribution in [0.25, 0.3) is 11.4 Å². The zero-order valence-electron chi connectivity index (χ0n) is 12.9. The maximum atomic E-state index is 4.78. The lowest BCUT2D eigenvalue weighted by atomic mass is 10.0. The molecule has 0 atom stereocenters. The highest BCUT2D eigenvalue weighted by molar-refractivity contribution is 14.1. The van der Waals surface area contributed by atoms with E-state index in [1.54, 1.807) is 0 Å². The first kappa shape index (κ1) is 16.2. The van der Waals surface area contributed by atoms with Crippen LogP contribution in [0.1, 0.15) is 38.4 Å². The van der Waals surface area contributed by atoms with Gasteiger partial charge in [-0.3, -0.25) is 0 Å². The summed E-state index contributed by atoms with van der Waals surface area (Å²) in [5, 5.41) is 3.43. The minimum atomic E-state index is 0.836. The van der Waals surface area contributed by atoms with Gasteiger partial charge in [0.25, 0.3) is 0 Å². The van der Waals surface area contributed by atoms with E-state index >= 15 is 0 Å². The number of hydrogen-bond acceptors (Lipinski definition) is 3. The Morgan fingerprint density at radius 2 is 1.81 bits per heavy atom. The van der Waals surface area contributed by atoms with Gasteiger partial charge < -0.3 is 5.32 Å². The van der Waals surface area contributed by atoms with Crippen LogP contribution in [-0.2, 0) is 12.8 Å². The SMILES string of the molecule is CCCNc1nc(-c2ccccc2CC)nc(CC)c1I. The summed E-state index contributed by atoms with van der Waals surface area (Å²) in [6.07, 6.45) is 3.00. The van der Waals surface area contributed by atoms with Gasteiger partial charge in [0.1, 0.15) is 5.82 Å². The van der Waals surface area contributed by atoms with Gasteiger partial charge in [0.2, 0.25) is 0 Å². The van der Waals surface area contributed by atoms with E-state index in [2.05, 4.69) is 72.9 Å². The summed E-state index contributed by atoms with van der Waals surface area (Å²) in [5.41, 5.74) is 3.55. The Hall–Kier alpha value is -1.17. The van der Waals surface area contributed by atoms with Crippen molar-refractivity contribution in [2.45, 2.75) is 40.0 Å². The van der Waals surface area contributed by atoms with E-state index in [0.717, 1.165) is 52.3 Å². The Kier molecular flexibility index (Phi) is 5.96. The number of aryl methyl sites for hydroxylation is 2. The lowest BCUT2D eigenvalue weighted by molar-refractivity contribution is 0.941. The third-order valence-electron chi connectivity index (χ3n) is 3.44. The molecule has 0 amide bonds. The number of halogens is 1. The van der Waals surface area contributed by atoms with Gasteiger partial charge in [0.15, 0.2) is 5.82 Å². The number of anilines is 1. The average Bonchev–Trinajstić information content (AvgIpc) is 2.53. The van der Waals surface area contributed by atoms with Crippen molar-refractivity contribution < 1.29 is 0 Å². The molecule has 3 nitrogen and oxygen atoms in total. The average molecular weight is 395 g/mol. The van der Waals surface area contributed by atoms with Gasteiger partial charge in [-0.25, -0.2) is 9.97 Å². The zero-order chi connectivity index (χ0) is 15.2. The number of aromatic nitrogens is 2. The van der Waals surface area contributed by atoms with Crippen LogP contribution >= 0.6 is 22.6 Å². The fourth-order valence-electron chi connectivity index (χ4n) is 2.26. The van der Waals surface area contributed by atoms with Crippen LogP contribution in [0.5, 0.6) is 0 Å². The Balaban J connectivity index is 2.53. The molecule has 4 heteroatoms. The second-order valence-corrected chi connectivity index (χ2v) is 6.03. The molecular formula is C17H22IN3. The van der Waals surface area contributed by atoms with Crippen molar-refractivity contribution in [3.63, 3.8) is 0 Å². The lowest BCUT2D eigenvalue weighted by Gasteiger charge is -2.13. The Bertz CT molecular complexity index is 611. The van der Waals surface area contributed by atoms with Crippen molar-refractivity contribution in [3.05, 3.63) is 39.1 Å². The van der Waals surface area contributed by atoms with Crippen LogP contribution in [0, 0.1) is 3.57 Å². The summed E-state index contributed by atoms with van der Waals surface area (Å²) in [7, 11) is 0. The van der Waals surface area contributed by atoms with Crippen molar-refractivity contribution in [1.29, 1.82) is 0 Å². The lowest BCUT2D eigenvalue weighted by Crippen LogP contribution is -2.09. The summed E-state index contributed by atoms with van der Waals surface area (Å²) in [6, 6.07) is 8.40. The molecule has 2 aromatic rings. The molecule has 0 bridgehead atoms. The van der Waals surface area contributed by atoms with Crippen molar-refractivity contribution in [2.24, 2.45) is 0 Å². The van der Waals surface area contributed by atoms with Gasteiger partial charge in [0.05, 0.1) is 9.26 Å². The maximum absolute atomic E-state index is 4.78. The third-order valence-corrected chi connectivity index (χ3v) is 4.57. The monoisotopic (exact) mass is 395 g/mol. The largest absolute Gasteiger partial charge is 0.369 e. The molecule has 0 aliphatic carbocycles. The molecule has 0 aliphatic rings. The third kappa shape index (κ3) is 3.73. The highest BCUT2D eigenvalue weighted by Crippen LogP contribution is 2.26. The first-order chi connectivity index (χ1) is 10.2. The van der Waals surface area contributed by atoms with Crippen LogP contribution in [0.4, 0.5) is 5.82 Å². The predicted octanol–water partition coefficient (Wildman–Crippen LogP) is 4.69. The molecule has 0 aliphatic heterocycles.